The van der Waals surface area contributed by atoms with E-state index in [4.69, 9.17) is 9.47 Å². The molecule has 1 aromatic carbocycles. The number of aliphatic imine (C=N–C) groups is 1. The molecule has 0 aliphatic heterocycles. The maximum Gasteiger partial charge on any atom is 0.341 e. The van der Waals surface area contributed by atoms with E-state index in [1.807, 2.05) is 13.0 Å². The summed E-state index contributed by atoms with van der Waals surface area (Å²) in [6.07, 6.45) is 0. The number of aromatic nitrogens is 1. The standard InChI is InChI=1S/C20H28N4O3S.HI/c1-6-21-20(23-11-18-24-16(12-28-18)13(2)3)22-10-14-7-8-17(26-4)15(9-14)19(25)27-5;/h7-9,12-13H,6,10-11H2,1-5H3,(H2,21,22,23);1H. The van der Waals surface area contributed by atoms with Crippen LogP contribution in [0.15, 0.2) is 28.6 Å². The maximum absolute atomic E-state index is 11.9. The van der Waals surface area contributed by atoms with Gasteiger partial charge in [0, 0.05) is 11.9 Å². The Morgan fingerprint density at radius 2 is 2.03 bits per heavy atom. The van der Waals surface area contributed by atoms with Crippen LogP contribution in [0.3, 0.4) is 0 Å². The molecule has 0 aliphatic rings. The van der Waals surface area contributed by atoms with E-state index in [2.05, 4.69) is 39.8 Å². The summed E-state index contributed by atoms with van der Waals surface area (Å²) >= 11 is 1.64. The van der Waals surface area contributed by atoms with Gasteiger partial charge in [0.1, 0.15) is 16.3 Å². The summed E-state index contributed by atoms with van der Waals surface area (Å²) < 4.78 is 10.0. The molecule has 0 aliphatic carbocycles. The monoisotopic (exact) mass is 532 g/mol. The van der Waals surface area contributed by atoms with E-state index >= 15 is 0 Å². The quantitative estimate of drug-likeness (QED) is 0.232. The van der Waals surface area contributed by atoms with Crippen molar-refractivity contribution < 1.29 is 14.3 Å². The van der Waals surface area contributed by atoms with Crippen LogP contribution < -0.4 is 15.4 Å². The highest BCUT2D eigenvalue weighted by atomic mass is 127. The number of halogens is 1. The fourth-order valence-corrected chi connectivity index (χ4v) is 3.36. The molecule has 160 valence electrons. The number of esters is 1. The number of nitrogens with one attached hydrogen (secondary N) is 2. The van der Waals surface area contributed by atoms with Crippen molar-refractivity contribution in [2.45, 2.75) is 39.8 Å². The zero-order valence-corrected chi connectivity index (χ0v) is 20.6. The first-order valence-corrected chi connectivity index (χ1v) is 10.1. The van der Waals surface area contributed by atoms with E-state index in [9.17, 15) is 4.79 Å². The van der Waals surface area contributed by atoms with Gasteiger partial charge in [-0.2, -0.15) is 0 Å². The number of guanidine groups is 1. The predicted octanol–water partition coefficient (Wildman–Crippen LogP) is 3.94. The molecule has 0 atom stereocenters. The molecule has 2 N–H and O–H groups in total. The van der Waals surface area contributed by atoms with Gasteiger partial charge in [0.25, 0.3) is 0 Å². The molecule has 9 heteroatoms. The van der Waals surface area contributed by atoms with Crippen molar-refractivity contribution in [2.24, 2.45) is 4.99 Å². The van der Waals surface area contributed by atoms with Gasteiger partial charge in [-0.1, -0.05) is 19.9 Å². The number of hydrogen-bond acceptors (Lipinski definition) is 6. The lowest BCUT2D eigenvalue weighted by Gasteiger charge is -2.11. The molecular weight excluding hydrogens is 503 g/mol. The molecule has 0 saturated carbocycles. The van der Waals surface area contributed by atoms with Crippen LogP contribution in [-0.4, -0.2) is 37.7 Å². The Balaban J connectivity index is 0.00000420. The molecule has 7 nitrogen and oxygen atoms in total. The number of hydrogen-bond donors (Lipinski definition) is 2. The number of carbonyl (C=O) groups excluding carboxylic acids is 1. The van der Waals surface area contributed by atoms with Crippen LogP contribution >= 0.6 is 35.3 Å². The van der Waals surface area contributed by atoms with Crippen LogP contribution in [0.1, 0.15) is 53.3 Å². The average molecular weight is 532 g/mol. The number of ether oxygens (including phenoxy) is 2. The van der Waals surface area contributed by atoms with Gasteiger partial charge in [0.2, 0.25) is 0 Å². The lowest BCUT2D eigenvalue weighted by Crippen LogP contribution is -2.36. The number of benzene rings is 1. The molecule has 2 rings (SSSR count). The number of rotatable bonds is 8. The van der Waals surface area contributed by atoms with Crippen molar-refractivity contribution in [1.29, 1.82) is 0 Å². The van der Waals surface area contributed by atoms with Crippen molar-refractivity contribution in [2.75, 3.05) is 20.8 Å². The highest BCUT2D eigenvalue weighted by molar-refractivity contribution is 14.0. The molecule has 0 saturated heterocycles. The summed E-state index contributed by atoms with van der Waals surface area (Å²) in [7, 11) is 2.87. The van der Waals surface area contributed by atoms with Crippen molar-refractivity contribution in [1.82, 2.24) is 15.6 Å². The minimum Gasteiger partial charge on any atom is -0.496 e. The molecule has 29 heavy (non-hydrogen) atoms. The molecule has 0 unspecified atom stereocenters. The van der Waals surface area contributed by atoms with Crippen molar-refractivity contribution in [3.05, 3.63) is 45.4 Å². The Kier molecular flexibility index (Phi) is 11.0. The van der Waals surface area contributed by atoms with Gasteiger partial charge in [0.15, 0.2) is 5.96 Å². The summed E-state index contributed by atoms with van der Waals surface area (Å²) in [4.78, 5) is 21.2. The Morgan fingerprint density at radius 3 is 2.62 bits per heavy atom. The number of methoxy groups -OCH3 is 2. The number of thiazole rings is 1. The van der Waals surface area contributed by atoms with Crippen LogP contribution in [0, 0.1) is 0 Å². The van der Waals surface area contributed by atoms with Gasteiger partial charge in [-0.05, 0) is 30.5 Å². The molecule has 2 aromatic rings. The normalized spacial score (nSPS) is 11.0. The third-order valence-electron chi connectivity index (χ3n) is 4.00. The Hall–Kier alpha value is -1.88. The van der Waals surface area contributed by atoms with Gasteiger partial charge < -0.3 is 20.1 Å². The zero-order chi connectivity index (χ0) is 20.5. The highest BCUT2D eigenvalue weighted by Gasteiger charge is 2.13. The highest BCUT2D eigenvalue weighted by Crippen LogP contribution is 2.21. The van der Waals surface area contributed by atoms with E-state index in [0.29, 0.717) is 36.3 Å². The molecule has 0 radical (unpaired) electrons. The minimum absolute atomic E-state index is 0. The minimum atomic E-state index is -0.433. The third kappa shape index (κ3) is 7.46. The molecule has 0 spiro atoms. The molecular formula is C20H29IN4O3S. The van der Waals surface area contributed by atoms with E-state index < -0.39 is 5.97 Å². The molecule has 1 heterocycles. The Bertz CT molecular complexity index is 824. The summed E-state index contributed by atoms with van der Waals surface area (Å²) in [5.41, 5.74) is 2.38. The topological polar surface area (TPSA) is 84.8 Å². The SMILES string of the molecule is CCNC(=NCc1ccc(OC)c(C(=O)OC)c1)NCc1nc(C(C)C)cs1.I. The van der Waals surface area contributed by atoms with Crippen LogP contribution in [0.5, 0.6) is 5.75 Å². The summed E-state index contributed by atoms with van der Waals surface area (Å²) in [6, 6.07) is 5.38. The van der Waals surface area contributed by atoms with E-state index in [1.54, 1.807) is 23.5 Å². The van der Waals surface area contributed by atoms with Gasteiger partial charge in [-0.25, -0.2) is 14.8 Å². The van der Waals surface area contributed by atoms with Crippen LogP contribution in [0.2, 0.25) is 0 Å². The summed E-state index contributed by atoms with van der Waals surface area (Å²) in [5.74, 6) is 1.16. The first-order valence-electron chi connectivity index (χ1n) is 9.20. The zero-order valence-electron chi connectivity index (χ0n) is 17.4. The van der Waals surface area contributed by atoms with E-state index in [1.165, 1.54) is 14.2 Å². The number of nitrogens with zero attached hydrogens (tertiary/aromatic N) is 2. The van der Waals surface area contributed by atoms with Gasteiger partial charge in [-0.3, -0.25) is 0 Å². The molecule has 1 aromatic heterocycles. The fraction of sp³-hybridized carbons (Fsp3) is 0.450. The fourth-order valence-electron chi connectivity index (χ4n) is 2.47. The van der Waals surface area contributed by atoms with E-state index in [-0.39, 0.29) is 24.0 Å². The predicted molar refractivity (Wildman–Crippen MR) is 128 cm³/mol. The van der Waals surface area contributed by atoms with Crippen LogP contribution in [0.25, 0.3) is 0 Å². The second-order valence-electron chi connectivity index (χ2n) is 6.40. The lowest BCUT2D eigenvalue weighted by atomic mass is 10.1. The molecule has 0 amide bonds. The first kappa shape index (κ1) is 25.2. The number of carbonyl (C=O) groups is 1. The molecule has 0 fully saturated rings. The largest absolute Gasteiger partial charge is 0.496 e. The van der Waals surface area contributed by atoms with Crippen molar-refractivity contribution in [3.8, 4) is 5.75 Å². The average Bonchev–Trinajstić information content (AvgIpc) is 3.18. The van der Waals surface area contributed by atoms with Gasteiger partial charge in [-0.15, -0.1) is 35.3 Å². The summed E-state index contributed by atoms with van der Waals surface area (Å²) in [6.45, 7) is 8.05. The van der Waals surface area contributed by atoms with E-state index in [0.717, 1.165) is 22.8 Å². The first-order chi connectivity index (χ1) is 13.5. The lowest BCUT2D eigenvalue weighted by molar-refractivity contribution is 0.0597. The van der Waals surface area contributed by atoms with Crippen LogP contribution in [0.4, 0.5) is 0 Å². The van der Waals surface area contributed by atoms with Crippen LogP contribution in [-0.2, 0) is 17.8 Å². The summed E-state index contributed by atoms with van der Waals surface area (Å²) in [5, 5.41) is 9.64. The van der Waals surface area contributed by atoms with Crippen molar-refractivity contribution >= 4 is 47.2 Å². The molecule has 0 bridgehead atoms. The maximum atomic E-state index is 11.9. The second-order valence-corrected chi connectivity index (χ2v) is 7.34. The smallest absolute Gasteiger partial charge is 0.341 e. The van der Waals surface area contributed by atoms with Crippen molar-refractivity contribution in [3.63, 3.8) is 0 Å². The van der Waals surface area contributed by atoms with Gasteiger partial charge in [0.05, 0.1) is 33.0 Å². The van der Waals surface area contributed by atoms with Gasteiger partial charge >= 0.3 is 5.97 Å². The Labute approximate surface area is 193 Å². The second kappa shape index (κ2) is 12.6. The Morgan fingerprint density at radius 1 is 1.28 bits per heavy atom. The third-order valence-corrected chi connectivity index (χ3v) is 4.87.